The van der Waals surface area contributed by atoms with Crippen molar-refractivity contribution in [1.29, 1.82) is 0 Å². The molecular formula is C15H20ClNO. The number of fused-ring (bicyclic) bond motifs is 1. The molecule has 1 aromatic rings. The van der Waals surface area contributed by atoms with Crippen molar-refractivity contribution in [3.63, 3.8) is 0 Å². The van der Waals surface area contributed by atoms with Gasteiger partial charge in [0.05, 0.1) is 6.61 Å². The third kappa shape index (κ3) is 2.56. The Hall–Kier alpha value is -0.570. The van der Waals surface area contributed by atoms with Gasteiger partial charge in [-0.05, 0) is 55.4 Å². The molecule has 1 aliphatic heterocycles. The average Bonchev–Trinajstić information content (AvgIpc) is 2.95. The molecule has 3 atom stereocenters. The van der Waals surface area contributed by atoms with Gasteiger partial charge in [0.2, 0.25) is 0 Å². The maximum Gasteiger partial charge on any atom is 0.0509 e. The Kier molecular flexibility index (Phi) is 3.60. The molecule has 0 aromatic heterocycles. The van der Waals surface area contributed by atoms with Crippen LogP contribution in [0.1, 0.15) is 24.5 Å². The zero-order chi connectivity index (χ0) is 12.5. The summed E-state index contributed by atoms with van der Waals surface area (Å²) >= 11 is 6.04. The van der Waals surface area contributed by atoms with Crippen molar-refractivity contribution in [1.82, 2.24) is 5.32 Å². The van der Waals surface area contributed by atoms with Gasteiger partial charge in [-0.2, -0.15) is 0 Å². The van der Waals surface area contributed by atoms with E-state index >= 15 is 0 Å². The normalized spacial score (nSPS) is 28.3. The van der Waals surface area contributed by atoms with Gasteiger partial charge < -0.3 is 10.1 Å². The smallest absolute Gasteiger partial charge is 0.0509 e. The molecule has 2 nitrogen and oxygen atoms in total. The maximum atomic E-state index is 6.04. The Balaban J connectivity index is 1.60. The van der Waals surface area contributed by atoms with Gasteiger partial charge in [0, 0.05) is 23.7 Å². The van der Waals surface area contributed by atoms with Gasteiger partial charge in [0.15, 0.2) is 0 Å². The van der Waals surface area contributed by atoms with E-state index in [1.807, 2.05) is 6.07 Å². The fraction of sp³-hybridized carbons (Fsp3) is 0.600. The van der Waals surface area contributed by atoms with E-state index < -0.39 is 0 Å². The van der Waals surface area contributed by atoms with Crippen LogP contribution in [0.2, 0.25) is 5.02 Å². The van der Waals surface area contributed by atoms with E-state index in [-0.39, 0.29) is 0 Å². The Morgan fingerprint density at radius 1 is 1.33 bits per heavy atom. The lowest BCUT2D eigenvalue weighted by Gasteiger charge is -2.23. The molecule has 0 amide bonds. The second-order valence-electron chi connectivity index (χ2n) is 5.60. The molecule has 0 saturated carbocycles. The van der Waals surface area contributed by atoms with Crippen molar-refractivity contribution in [2.24, 2.45) is 5.92 Å². The molecule has 1 N–H and O–H groups in total. The highest BCUT2D eigenvalue weighted by Gasteiger charge is 2.27. The lowest BCUT2D eigenvalue weighted by Crippen LogP contribution is -2.41. The highest BCUT2D eigenvalue weighted by atomic mass is 35.5. The summed E-state index contributed by atoms with van der Waals surface area (Å²) < 4.78 is 5.46. The summed E-state index contributed by atoms with van der Waals surface area (Å²) in [6.07, 6.45) is 3.43. The van der Waals surface area contributed by atoms with Crippen molar-refractivity contribution >= 4 is 11.6 Å². The number of ether oxygens (including phenoxy) is 1. The molecule has 0 spiro atoms. The first-order valence-electron chi connectivity index (χ1n) is 6.83. The van der Waals surface area contributed by atoms with Gasteiger partial charge in [-0.3, -0.25) is 0 Å². The molecule has 0 radical (unpaired) electrons. The summed E-state index contributed by atoms with van der Waals surface area (Å²) in [7, 11) is 0. The van der Waals surface area contributed by atoms with Crippen molar-refractivity contribution in [2.75, 3.05) is 13.2 Å². The van der Waals surface area contributed by atoms with Crippen LogP contribution in [-0.2, 0) is 17.6 Å². The molecule has 2 aliphatic rings. The van der Waals surface area contributed by atoms with Crippen LogP contribution in [0, 0.1) is 5.92 Å². The third-order valence-corrected chi connectivity index (χ3v) is 4.51. The van der Waals surface area contributed by atoms with Gasteiger partial charge in [-0.15, -0.1) is 0 Å². The van der Waals surface area contributed by atoms with Crippen LogP contribution in [0.3, 0.4) is 0 Å². The quantitative estimate of drug-likeness (QED) is 0.908. The zero-order valence-corrected chi connectivity index (χ0v) is 11.5. The molecule has 0 bridgehead atoms. The topological polar surface area (TPSA) is 21.3 Å². The van der Waals surface area contributed by atoms with Crippen molar-refractivity contribution in [3.8, 4) is 0 Å². The highest BCUT2D eigenvalue weighted by Crippen LogP contribution is 2.26. The SMILES string of the molecule is CC(NC1Cc2ccc(Cl)cc2C1)C1CCOC1. The van der Waals surface area contributed by atoms with Gasteiger partial charge >= 0.3 is 0 Å². The molecule has 3 rings (SSSR count). The first-order chi connectivity index (χ1) is 8.72. The van der Waals surface area contributed by atoms with E-state index in [0.29, 0.717) is 18.0 Å². The number of halogens is 1. The van der Waals surface area contributed by atoms with Gasteiger partial charge in [-0.25, -0.2) is 0 Å². The fourth-order valence-corrected chi connectivity index (χ4v) is 3.35. The first-order valence-corrected chi connectivity index (χ1v) is 7.21. The minimum atomic E-state index is 0.544. The number of nitrogens with one attached hydrogen (secondary N) is 1. The summed E-state index contributed by atoms with van der Waals surface area (Å²) in [6, 6.07) is 7.39. The summed E-state index contributed by atoms with van der Waals surface area (Å²) in [5, 5.41) is 4.62. The van der Waals surface area contributed by atoms with E-state index in [2.05, 4.69) is 24.4 Å². The lowest BCUT2D eigenvalue weighted by atomic mass is 9.99. The Morgan fingerprint density at radius 3 is 2.94 bits per heavy atom. The molecule has 3 heteroatoms. The van der Waals surface area contributed by atoms with E-state index in [1.54, 1.807) is 0 Å². The Labute approximate surface area is 114 Å². The first kappa shape index (κ1) is 12.5. The minimum Gasteiger partial charge on any atom is -0.381 e. The summed E-state index contributed by atoms with van der Waals surface area (Å²) in [6.45, 7) is 4.13. The van der Waals surface area contributed by atoms with Crippen LogP contribution in [0.25, 0.3) is 0 Å². The van der Waals surface area contributed by atoms with Crippen LogP contribution in [0.4, 0.5) is 0 Å². The third-order valence-electron chi connectivity index (χ3n) is 4.27. The van der Waals surface area contributed by atoms with E-state index in [0.717, 1.165) is 31.1 Å². The number of hydrogen-bond acceptors (Lipinski definition) is 2. The molecule has 98 valence electrons. The number of benzene rings is 1. The van der Waals surface area contributed by atoms with Gasteiger partial charge in [-0.1, -0.05) is 17.7 Å². The minimum absolute atomic E-state index is 0.544. The second-order valence-corrected chi connectivity index (χ2v) is 6.03. The van der Waals surface area contributed by atoms with Crippen molar-refractivity contribution < 1.29 is 4.74 Å². The van der Waals surface area contributed by atoms with Crippen molar-refractivity contribution in [3.05, 3.63) is 34.3 Å². The van der Waals surface area contributed by atoms with Gasteiger partial charge in [0.1, 0.15) is 0 Å². The predicted molar refractivity (Wildman–Crippen MR) is 74.2 cm³/mol. The van der Waals surface area contributed by atoms with E-state index in [9.17, 15) is 0 Å². The van der Waals surface area contributed by atoms with E-state index in [1.165, 1.54) is 17.5 Å². The summed E-state index contributed by atoms with van der Waals surface area (Å²) in [4.78, 5) is 0. The zero-order valence-electron chi connectivity index (χ0n) is 10.8. The van der Waals surface area contributed by atoms with Crippen LogP contribution in [0.5, 0.6) is 0 Å². The van der Waals surface area contributed by atoms with Crippen LogP contribution >= 0.6 is 11.6 Å². The number of hydrogen-bond donors (Lipinski definition) is 1. The van der Waals surface area contributed by atoms with Crippen molar-refractivity contribution in [2.45, 2.75) is 38.3 Å². The van der Waals surface area contributed by atoms with Gasteiger partial charge in [0.25, 0.3) is 0 Å². The van der Waals surface area contributed by atoms with Crippen LogP contribution < -0.4 is 5.32 Å². The molecule has 1 fully saturated rings. The maximum absolute atomic E-state index is 6.04. The summed E-state index contributed by atoms with van der Waals surface area (Å²) in [5.41, 5.74) is 2.86. The standard InChI is InChI=1S/C15H20ClNO/c1-10(12-4-5-18-9-12)17-15-7-11-2-3-14(16)6-13(11)8-15/h2-3,6,10,12,15,17H,4-5,7-9H2,1H3. The molecule has 3 unspecified atom stereocenters. The Bertz CT molecular complexity index is 429. The number of rotatable bonds is 3. The predicted octanol–water partition coefficient (Wildman–Crippen LogP) is 2.82. The molecule has 1 aliphatic carbocycles. The molecule has 1 heterocycles. The Morgan fingerprint density at radius 2 is 2.17 bits per heavy atom. The van der Waals surface area contributed by atoms with Crippen LogP contribution in [0.15, 0.2) is 18.2 Å². The molecule has 18 heavy (non-hydrogen) atoms. The largest absolute Gasteiger partial charge is 0.381 e. The fourth-order valence-electron chi connectivity index (χ4n) is 3.16. The molecule has 1 saturated heterocycles. The molecule has 1 aromatic carbocycles. The van der Waals surface area contributed by atoms with E-state index in [4.69, 9.17) is 16.3 Å². The average molecular weight is 266 g/mol. The molecular weight excluding hydrogens is 246 g/mol. The monoisotopic (exact) mass is 265 g/mol. The second kappa shape index (κ2) is 5.20. The highest BCUT2D eigenvalue weighted by molar-refractivity contribution is 6.30. The lowest BCUT2D eigenvalue weighted by molar-refractivity contribution is 0.176. The van der Waals surface area contributed by atoms with Crippen LogP contribution in [-0.4, -0.2) is 25.3 Å². The summed E-state index contributed by atoms with van der Waals surface area (Å²) in [5.74, 6) is 0.678.